The van der Waals surface area contributed by atoms with Gasteiger partial charge in [0.1, 0.15) is 5.82 Å². The van der Waals surface area contributed by atoms with Gasteiger partial charge in [-0.05, 0) is 33.6 Å². The van der Waals surface area contributed by atoms with Crippen LogP contribution in [0.2, 0.25) is 0 Å². The van der Waals surface area contributed by atoms with Crippen molar-refractivity contribution >= 4 is 11.7 Å². The van der Waals surface area contributed by atoms with E-state index in [1.807, 2.05) is 10.7 Å². The van der Waals surface area contributed by atoms with E-state index in [1.165, 1.54) is 19.3 Å². The van der Waals surface area contributed by atoms with E-state index in [2.05, 4.69) is 46.9 Å². The van der Waals surface area contributed by atoms with E-state index in [0.29, 0.717) is 0 Å². The maximum Gasteiger partial charge on any atom is 0.228 e. The summed E-state index contributed by atoms with van der Waals surface area (Å²) < 4.78 is 1.95. The average Bonchev–Trinajstić information content (AvgIpc) is 2.83. The summed E-state index contributed by atoms with van der Waals surface area (Å²) in [5.74, 6) is 1.15. The van der Waals surface area contributed by atoms with Crippen LogP contribution in [0.1, 0.15) is 79.3 Å². The topological polar surface area (TPSA) is 46.9 Å². The molecule has 2 rings (SSSR count). The summed E-state index contributed by atoms with van der Waals surface area (Å²) in [7, 11) is 0. The minimum atomic E-state index is -0.154. The van der Waals surface area contributed by atoms with Crippen LogP contribution in [0.25, 0.3) is 0 Å². The summed E-state index contributed by atoms with van der Waals surface area (Å²) in [5.41, 5.74) is 0.834. The molecule has 1 aliphatic rings. The first-order valence-electron chi connectivity index (χ1n) is 8.51. The zero-order valence-corrected chi connectivity index (χ0v) is 15.0. The molecular weight excluding hydrogens is 274 g/mol. The molecule has 4 heteroatoms. The van der Waals surface area contributed by atoms with Gasteiger partial charge in [0.15, 0.2) is 0 Å². The molecule has 124 valence electrons. The molecule has 0 atom stereocenters. The van der Waals surface area contributed by atoms with Gasteiger partial charge in [-0.2, -0.15) is 5.10 Å². The van der Waals surface area contributed by atoms with Crippen molar-refractivity contribution in [3.05, 3.63) is 11.8 Å². The van der Waals surface area contributed by atoms with Crippen LogP contribution in [0.5, 0.6) is 0 Å². The highest BCUT2D eigenvalue weighted by Gasteiger charge is 2.27. The Hall–Kier alpha value is -1.32. The number of anilines is 1. The minimum absolute atomic E-state index is 0.0270. The van der Waals surface area contributed by atoms with Crippen LogP contribution in [0.3, 0.4) is 0 Å². The number of aromatic nitrogens is 2. The van der Waals surface area contributed by atoms with E-state index in [-0.39, 0.29) is 22.8 Å². The monoisotopic (exact) mass is 305 g/mol. The molecule has 1 fully saturated rings. The van der Waals surface area contributed by atoms with Crippen molar-refractivity contribution in [3.8, 4) is 0 Å². The SMILES string of the molecule is CC(C)(C)c1cc(NC(=O)C2CCCCC2)n(C(C)(C)C)n1. The molecule has 0 unspecified atom stereocenters. The van der Waals surface area contributed by atoms with Crippen LogP contribution < -0.4 is 5.32 Å². The predicted molar refractivity (Wildman–Crippen MR) is 91.1 cm³/mol. The van der Waals surface area contributed by atoms with Crippen molar-refractivity contribution in [2.45, 2.75) is 84.6 Å². The number of carbonyl (C=O) groups is 1. The molecule has 1 heterocycles. The first-order chi connectivity index (χ1) is 10.1. The van der Waals surface area contributed by atoms with Crippen molar-refractivity contribution in [2.75, 3.05) is 5.32 Å². The molecule has 0 aliphatic heterocycles. The molecule has 1 saturated carbocycles. The van der Waals surface area contributed by atoms with E-state index < -0.39 is 0 Å². The first-order valence-corrected chi connectivity index (χ1v) is 8.51. The van der Waals surface area contributed by atoms with Gasteiger partial charge in [-0.1, -0.05) is 40.0 Å². The fourth-order valence-corrected chi connectivity index (χ4v) is 2.94. The summed E-state index contributed by atoms with van der Waals surface area (Å²) in [4.78, 5) is 12.6. The molecule has 1 aromatic rings. The van der Waals surface area contributed by atoms with Crippen molar-refractivity contribution in [1.82, 2.24) is 9.78 Å². The number of nitrogens with zero attached hydrogens (tertiary/aromatic N) is 2. The number of rotatable bonds is 2. The normalized spacial score (nSPS) is 17.5. The summed E-state index contributed by atoms with van der Waals surface area (Å²) in [6, 6.07) is 2.03. The third-order valence-corrected chi connectivity index (χ3v) is 4.34. The summed E-state index contributed by atoms with van der Waals surface area (Å²) >= 11 is 0. The number of amides is 1. The molecule has 1 aliphatic carbocycles. The van der Waals surface area contributed by atoms with Gasteiger partial charge in [-0.3, -0.25) is 4.79 Å². The molecule has 22 heavy (non-hydrogen) atoms. The summed E-state index contributed by atoms with van der Waals surface area (Å²) in [5, 5.41) is 7.89. The number of carbonyl (C=O) groups excluding carboxylic acids is 1. The molecule has 4 nitrogen and oxygen atoms in total. The Morgan fingerprint density at radius 2 is 1.73 bits per heavy atom. The van der Waals surface area contributed by atoms with Crippen LogP contribution in [-0.2, 0) is 15.7 Å². The van der Waals surface area contributed by atoms with Gasteiger partial charge in [0.25, 0.3) is 0 Å². The molecule has 0 spiro atoms. The number of nitrogens with one attached hydrogen (secondary N) is 1. The molecular formula is C18H31N3O. The molecule has 1 N–H and O–H groups in total. The highest BCUT2D eigenvalue weighted by molar-refractivity contribution is 5.91. The predicted octanol–water partition coefficient (Wildman–Crippen LogP) is 4.45. The average molecular weight is 305 g/mol. The van der Waals surface area contributed by atoms with Gasteiger partial charge in [0, 0.05) is 17.4 Å². The second-order valence-electron chi connectivity index (χ2n) is 8.57. The van der Waals surface area contributed by atoms with Gasteiger partial charge in [-0.25, -0.2) is 4.68 Å². The third kappa shape index (κ3) is 3.90. The first kappa shape index (κ1) is 17.0. The van der Waals surface area contributed by atoms with Crippen molar-refractivity contribution in [1.29, 1.82) is 0 Å². The Labute approximate surface area is 134 Å². The lowest BCUT2D eigenvalue weighted by atomic mass is 9.88. The maximum atomic E-state index is 12.6. The fraction of sp³-hybridized carbons (Fsp3) is 0.778. The zero-order chi connectivity index (χ0) is 16.5. The van der Waals surface area contributed by atoms with Gasteiger partial charge >= 0.3 is 0 Å². The van der Waals surface area contributed by atoms with E-state index in [4.69, 9.17) is 5.10 Å². The van der Waals surface area contributed by atoms with Crippen LogP contribution in [0.4, 0.5) is 5.82 Å². The van der Waals surface area contributed by atoms with Crippen LogP contribution >= 0.6 is 0 Å². The quantitative estimate of drug-likeness (QED) is 0.877. The highest BCUT2D eigenvalue weighted by atomic mass is 16.2. The molecule has 0 saturated heterocycles. The highest BCUT2D eigenvalue weighted by Crippen LogP contribution is 2.30. The van der Waals surface area contributed by atoms with Crippen molar-refractivity contribution in [3.63, 3.8) is 0 Å². The Morgan fingerprint density at radius 3 is 2.23 bits per heavy atom. The van der Waals surface area contributed by atoms with Gasteiger partial charge < -0.3 is 5.32 Å². The standard InChI is InChI=1S/C18H31N3O/c1-17(2,3)14-12-15(21(20-14)18(4,5)6)19-16(22)13-10-8-7-9-11-13/h12-13H,7-11H2,1-6H3,(H,19,22). The lowest BCUT2D eigenvalue weighted by Crippen LogP contribution is -2.30. The smallest absolute Gasteiger partial charge is 0.228 e. The zero-order valence-electron chi connectivity index (χ0n) is 15.0. The Bertz CT molecular complexity index is 526. The van der Waals surface area contributed by atoms with Gasteiger partial charge in [-0.15, -0.1) is 0 Å². The van der Waals surface area contributed by atoms with Crippen molar-refractivity contribution in [2.24, 2.45) is 5.92 Å². The number of hydrogen-bond donors (Lipinski definition) is 1. The molecule has 0 aromatic carbocycles. The molecule has 0 bridgehead atoms. The number of hydrogen-bond acceptors (Lipinski definition) is 2. The Kier molecular flexibility index (Phi) is 4.69. The molecule has 0 radical (unpaired) electrons. The van der Waals surface area contributed by atoms with Crippen molar-refractivity contribution < 1.29 is 4.79 Å². The summed E-state index contributed by atoms with van der Waals surface area (Å²) in [6.45, 7) is 12.8. The second-order valence-corrected chi connectivity index (χ2v) is 8.57. The lowest BCUT2D eigenvalue weighted by molar-refractivity contribution is -0.120. The molecule has 1 amide bonds. The van der Waals surface area contributed by atoms with E-state index >= 15 is 0 Å². The maximum absolute atomic E-state index is 12.6. The van der Waals surface area contributed by atoms with Crippen LogP contribution in [0, 0.1) is 5.92 Å². The minimum Gasteiger partial charge on any atom is -0.311 e. The molecule has 1 aromatic heterocycles. The van der Waals surface area contributed by atoms with Gasteiger partial charge in [0.05, 0.1) is 11.2 Å². The van der Waals surface area contributed by atoms with E-state index in [0.717, 1.165) is 24.4 Å². The Balaban J connectivity index is 2.25. The van der Waals surface area contributed by atoms with Crippen LogP contribution in [0.15, 0.2) is 6.07 Å². The Morgan fingerprint density at radius 1 is 1.14 bits per heavy atom. The fourth-order valence-electron chi connectivity index (χ4n) is 2.94. The lowest BCUT2D eigenvalue weighted by Gasteiger charge is -2.25. The third-order valence-electron chi connectivity index (χ3n) is 4.34. The van der Waals surface area contributed by atoms with Crippen LogP contribution in [-0.4, -0.2) is 15.7 Å². The van der Waals surface area contributed by atoms with E-state index in [1.54, 1.807) is 0 Å². The largest absolute Gasteiger partial charge is 0.311 e. The second kappa shape index (κ2) is 6.05. The van der Waals surface area contributed by atoms with Gasteiger partial charge in [0.2, 0.25) is 5.91 Å². The summed E-state index contributed by atoms with van der Waals surface area (Å²) in [6.07, 6.45) is 5.63. The van der Waals surface area contributed by atoms with E-state index in [9.17, 15) is 4.79 Å².